The molecule has 1 aromatic carbocycles. The first-order chi connectivity index (χ1) is 8.16. The van der Waals surface area contributed by atoms with E-state index in [1.807, 2.05) is 0 Å². The van der Waals surface area contributed by atoms with E-state index < -0.39 is 0 Å². The Morgan fingerprint density at radius 3 is 2.65 bits per heavy atom. The zero-order valence-corrected chi connectivity index (χ0v) is 9.35. The van der Waals surface area contributed by atoms with Gasteiger partial charge in [-0.3, -0.25) is 4.79 Å². The number of aryl methyl sites for hydroxylation is 1. The van der Waals surface area contributed by atoms with Gasteiger partial charge in [0.25, 0.3) is 0 Å². The lowest BCUT2D eigenvalue weighted by Gasteiger charge is -2.02. The highest BCUT2D eigenvalue weighted by atomic mass is 19.1. The minimum absolute atomic E-state index is 0.112. The van der Waals surface area contributed by atoms with E-state index in [0.29, 0.717) is 17.0 Å². The van der Waals surface area contributed by atoms with Gasteiger partial charge in [-0.1, -0.05) is 0 Å². The fourth-order valence-corrected chi connectivity index (χ4v) is 1.49. The number of nitrogens with zero attached hydrogens (tertiary/aromatic N) is 2. The van der Waals surface area contributed by atoms with Crippen molar-refractivity contribution in [2.24, 2.45) is 0 Å². The van der Waals surface area contributed by atoms with Crippen LogP contribution in [0.1, 0.15) is 21.7 Å². The number of aromatic nitrogens is 2. The highest BCUT2D eigenvalue weighted by Crippen LogP contribution is 2.11. The Hall–Kier alpha value is -2.10. The summed E-state index contributed by atoms with van der Waals surface area (Å²) in [5.74, 6) is 0.0521. The van der Waals surface area contributed by atoms with E-state index in [4.69, 9.17) is 0 Å². The quantitative estimate of drug-likeness (QED) is 0.760. The van der Waals surface area contributed by atoms with Crippen molar-refractivity contribution in [2.75, 3.05) is 0 Å². The summed E-state index contributed by atoms with van der Waals surface area (Å²) in [6.45, 7) is 1.63. The monoisotopic (exact) mass is 230 g/mol. The van der Waals surface area contributed by atoms with Gasteiger partial charge < -0.3 is 0 Å². The third-order valence-electron chi connectivity index (χ3n) is 2.42. The highest BCUT2D eigenvalue weighted by molar-refractivity contribution is 5.97. The maximum Gasteiger partial charge on any atom is 0.170 e. The summed E-state index contributed by atoms with van der Waals surface area (Å²) in [6.07, 6.45) is 3.31. The van der Waals surface area contributed by atoms with Crippen LogP contribution >= 0.6 is 0 Å². The Morgan fingerprint density at radius 1 is 1.29 bits per heavy atom. The predicted octanol–water partition coefficient (Wildman–Crippen LogP) is 2.35. The minimum Gasteiger partial charge on any atom is -0.294 e. The molecule has 0 amide bonds. The van der Waals surface area contributed by atoms with Gasteiger partial charge in [0, 0.05) is 18.0 Å². The lowest BCUT2D eigenvalue weighted by Crippen LogP contribution is -2.07. The van der Waals surface area contributed by atoms with Crippen LogP contribution in [0, 0.1) is 12.7 Å². The third kappa shape index (κ3) is 2.72. The van der Waals surface area contributed by atoms with Crippen LogP contribution in [0.3, 0.4) is 0 Å². The fraction of sp³-hybridized carbons (Fsp3) is 0.154. The van der Waals surface area contributed by atoms with E-state index in [9.17, 15) is 9.18 Å². The van der Waals surface area contributed by atoms with Crippen LogP contribution in [0.5, 0.6) is 0 Å². The zero-order valence-electron chi connectivity index (χ0n) is 9.35. The topological polar surface area (TPSA) is 42.9 Å². The fourth-order valence-electron chi connectivity index (χ4n) is 1.49. The Bertz CT molecular complexity index is 540. The Labute approximate surface area is 98.3 Å². The van der Waals surface area contributed by atoms with Crippen molar-refractivity contribution in [2.45, 2.75) is 13.3 Å². The first-order valence-corrected chi connectivity index (χ1v) is 5.22. The van der Waals surface area contributed by atoms with Gasteiger partial charge in [0.15, 0.2) is 5.78 Å². The molecule has 0 bridgehead atoms. The van der Waals surface area contributed by atoms with E-state index in [-0.39, 0.29) is 18.0 Å². The van der Waals surface area contributed by atoms with Crippen LogP contribution in [0.4, 0.5) is 4.39 Å². The Kier molecular flexibility index (Phi) is 3.23. The standard InChI is InChI=1S/C13H11FN2O/c1-9-7-10(3-4-11(9)14)12(17)8-13-15-5-2-6-16-13/h2-7H,8H2,1H3. The average Bonchev–Trinajstić information content (AvgIpc) is 2.34. The molecule has 0 saturated heterocycles. The van der Waals surface area contributed by atoms with Crippen molar-refractivity contribution >= 4 is 5.78 Å². The molecule has 3 nitrogen and oxygen atoms in total. The molecule has 86 valence electrons. The molecule has 0 aliphatic heterocycles. The highest BCUT2D eigenvalue weighted by Gasteiger charge is 2.10. The van der Waals surface area contributed by atoms with Crippen LogP contribution in [0.15, 0.2) is 36.7 Å². The smallest absolute Gasteiger partial charge is 0.170 e. The maximum absolute atomic E-state index is 13.1. The van der Waals surface area contributed by atoms with Crippen molar-refractivity contribution in [1.29, 1.82) is 0 Å². The van der Waals surface area contributed by atoms with Gasteiger partial charge >= 0.3 is 0 Å². The molecule has 17 heavy (non-hydrogen) atoms. The van der Waals surface area contributed by atoms with E-state index in [2.05, 4.69) is 9.97 Å². The number of halogens is 1. The van der Waals surface area contributed by atoms with Gasteiger partial charge in [-0.25, -0.2) is 14.4 Å². The van der Waals surface area contributed by atoms with Gasteiger partial charge in [0.2, 0.25) is 0 Å². The van der Waals surface area contributed by atoms with Crippen LogP contribution in [-0.4, -0.2) is 15.8 Å². The molecule has 0 aliphatic carbocycles. The number of hydrogen-bond donors (Lipinski definition) is 0. The summed E-state index contributed by atoms with van der Waals surface area (Å²) in [5.41, 5.74) is 0.946. The second-order valence-electron chi connectivity index (χ2n) is 3.73. The molecular weight excluding hydrogens is 219 g/mol. The number of carbonyl (C=O) groups is 1. The third-order valence-corrected chi connectivity index (χ3v) is 2.42. The van der Waals surface area contributed by atoms with Gasteiger partial charge in [0.05, 0.1) is 6.42 Å². The molecule has 4 heteroatoms. The molecule has 0 aliphatic rings. The van der Waals surface area contributed by atoms with E-state index >= 15 is 0 Å². The molecule has 0 N–H and O–H groups in total. The second kappa shape index (κ2) is 4.82. The normalized spacial score (nSPS) is 10.2. The molecule has 2 aromatic rings. The molecule has 0 spiro atoms. The average molecular weight is 230 g/mol. The van der Waals surface area contributed by atoms with Crippen molar-refractivity contribution in [3.05, 3.63) is 59.4 Å². The summed E-state index contributed by atoms with van der Waals surface area (Å²) in [5, 5.41) is 0. The van der Waals surface area contributed by atoms with Crippen LogP contribution < -0.4 is 0 Å². The minimum atomic E-state index is -0.308. The molecular formula is C13H11FN2O. The molecule has 1 aromatic heterocycles. The van der Waals surface area contributed by atoms with Gasteiger partial charge in [-0.15, -0.1) is 0 Å². The summed E-state index contributed by atoms with van der Waals surface area (Å²) in [6, 6.07) is 6.01. The lowest BCUT2D eigenvalue weighted by molar-refractivity contribution is 0.0990. The van der Waals surface area contributed by atoms with Gasteiger partial charge in [0.1, 0.15) is 11.6 Å². The molecule has 2 rings (SSSR count). The van der Waals surface area contributed by atoms with E-state index in [1.165, 1.54) is 12.1 Å². The first-order valence-electron chi connectivity index (χ1n) is 5.22. The number of Topliss-reactive ketones (excluding diaryl/α,β-unsaturated/α-hetero) is 1. The SMILES string of the molecule is Cc1cc(C(=O)Cc2ncccn2)ccc1F. The number of benzene rings is 1. The van der Waals surface area contributed by atoms with Crippen LogP contribution in [0.2, 0.25) is 0 Å². The number of hydrogen-bond acceptors (Lipinski definition) is 3. The van der Waals surface area contributed by atoms with Crippen LogP contribution in [-0.2, 0) is 6.42 Å². The number of carbonyl (C=O) groups excluding carboxylic acids is 1. The number of ketones is 1. The molecule has 0 unspecified atom stereocenters. The van der Waals surface area contributed by atoms with E-state index in [1.54, 1.807) is 31.5 Å². The molecule has 0 saturated carbocycles. The van der Waals surface area contributed by atoms with Crippen molar-refractivity contribution < 1.29 is 9.18 Å². The summed E-state index contributed by atoms with van der Waals surface area (Å²) < 4.78 is 13.1. The lowest BCUT2D eigenvalue weighted by atomic mass is 10.1. The van der Waals surface area contributed by atoms with Crippen molar-refractivity contribution in [3.8, 4) is 0 Å². The molecule has 0 atom stereocenters. The van der Waals surface area contributed by atoms with Gasteiger partial charge in [-0.05, 0) is 36.8 Å². The molecule has 0 radical (unpaired) electrons. The Balaban J connectivity index is 2.18. The number of rotatable bonds is 3. The molecule has 0 fully saturated rings. The van der Waals surface area contributed by atoms with E-state index in [0.717, 1.165) is 0 Å². The summed E-state index contributed by atoms with van der Waals surface area (Å²) in [4.78, 5) is 19.8. The largest absolute Gasteiger partial charge is 0.294 e. The Morgan fingerprint density at radius 2 is 2.00 bits per heavy atom. The summed E-state index contributed by atoms with van der Waals surface area (Å²) in [7, 11) is 0. The first kappa shape index (κ1) is 11.4. The van der Waals surface area contributed by atoms with Crippen molar-refractivity contribution in [1.82, 2.24) is 9.97 Å². The molecule has 1 heterocycles. The maximum atomic E-state index is 13.1. The van der Waals surface area contributed by atoms with Gasteiger partial charge in [-0.2, -0.15) is 0 Å². The summed E-state index contributed by atoms with van der Waals surface area (Å²) >= 11 is 0. The predicted molar refractivity (Wildman–Crippen MR) is 61.2 cm³/mol. The van der Waals surface area contributed by atoms with Crippen molar-refractivity contribution in [3.63, 3.8) is 0 Å². The second-order valence-corrected chi connectivity index (χ2v) is 3.73. The zero-order chi connectivity index (χ0) is 12.3. The van der Waals surface area contributed by atoms with Crippen LogP contribution in [0.25, 0.3) is 0 Å².